The zero-order chi connectivity index (χ0) is 16.3. The van der Waals surface area contributed by atoms with Crippen LogP contribution < -0.4 is 15.5 Å². The number of anilines is 1. The SMILES string of the molecule is Cc1ccc(Cl)c(NC(=O)C[NH+](C)CC(=O)NC2CC2)c1Cl. The minimum absolute atomic E-state index is 0.0283. The van der Waals surface area contributed by atoms with Gasteiger partial charge in [-0.25, -0.2) is 0 Å². The lowest BCUT2D eigenvalue weighted by atomic mass is 10.2. The molecule has 0 aliphatic heterocycles. The fourth-order valence-electron chi connectivity index (χ4n) is 2.07. The van der Waals surface area contributed by atoms with Gasteiger partial charge in [-0.1, -0.05) is 29.3 Å². The number of quaternary nitrogens is 1. The molecular formula is C15H20Cl2N3O2+. The fourth-order valence-corrected chi connectivity index (χ4v) is 2.54. The number of likely N-dealkylation sites (N-methyl/N-ethyl adjacent to an activating group) is 1. The number of hydrogen-bond acceptors (Lipinski definition) is 2. The summed E-state index contributed by atoms with van der Waals surface area (Å²) in [6.45, 7) is 2.27. The van der Waals surface area contributed by atoms with Crippen molar-refractivity contribution < 1.29 is 14.5 Å². The Morgan fingerprint density at radius 1 is 1.23 bits per heavy atom. The highest BCUT2D eigenvalue weighted by Gasteiger charge is 2.25. The lowest BCUT2D eigenvalue weighted by molar-refractivity contribution is -0.862. The maximum Gasteiger partial charge on any atom is 0.279 e. The van der Waals surface area contributed by atoms with Crippen LogP contribution in [0.4, 0.5) is 5.69 Å². The molecule has 1 aliphatic carbocycles. The number of rotatable bonds is 6. The van der Waals surface area contributed by atoms with Crippen LogP contribution in [0.25, 0.3) is 0 Å². The van der Waals surface area contributed by atoms with Gasteiger partial charge < -0.3 is 15.5 Å². The summed E-state index contributed by atoms with van der Waals surface area (Å²) in [6.07, 6.45) is 2.10. The summed E-state index contributed by atoms with van der Waals surface area (Å²) < 4.78 is 0. The van der Waals surface area contributed by atoms with Crippen LogP contribution >= 0.6 is 23.2 Å². The molecule has 7 heteroatoms. The molecule has 1 saturated carbocycles. The zero-order valence-electron chi connectivity index (χ0n) is 12.6. The number of carbonyl (C=O) groups is 2. The average molecular weight is 345 g/mol. The number of hydrogen-bond donors (Lipinski definition) is 3. The van der Waals surface area contributed by atoms with Crippen LogP contribution in [0.15, 0.2) is 12.1 Å². The third-order valence-electron chi connectivity index (χ3n) is 3.42. The first kappa shape index (κ1) is 17.1. The fraction of sp³-hybridized carbons (Fsp3) is 0.467. The highest BCUT2D eigenvalue weighted by Crippen LogP contribution is 2.32. The first-order valence-corrected chi connectivity index (χ1v) is 7.97. The molecule has 0 aromatic heterocycles. The van der Waals surface area contributed by atoms with Crippen molar-refractivity contribution in [3.63, 3.8) is 0 Å². The van der Waals surface area contributed by atoms with E-state index in [1.807, 2.05) is 6.92 Å². The maximum atomic E-state index is 12.1. The zero-order valence-corrected chi connectivity index (χ0v) is 14.1. The van der Waals surface area contributed by atoms with Crippen LogP contribution in [0.3, 0.4) is 0 Å². The maximum absolute atomic E-state index is 12.1. The molecule has 0 heterocycles. The molecule has 0 radical (unpaired) electrons. The third-order valence-corrected chi connectivity index (χ3v) is 4.22. The second-order valence-electron chi connectivity index (χ2n) is 5.75. The molecule has 1 aliphatic rings. The Kier molecular flexibility index (Phi) is 5.67. The summed E-state index contributed by atoms with van der Waals surface area (Å²) in [5.74, 6) is -0.259. The largest absolute Gasteiger partial charge is 0.348 e. The Morgan fingerprint density at radius 3 is 2.50 bits per heavy atom. The van der Waals surface area contributed by atoms with Crippen molar-refractivity contribution in [1.29, 1.82) is 0 Å². The number of halogens is 2. The van der Waals surface area contributed by atoms with Gasteiger partial charge >= 0.3 is 0 Å². The highest BCUT2D eigenvalue weighted by atomic mass is 35.5. The predicted molar refractivity (Wildman–Crippen MR) is 87.6 cm³/mol. The van der Waals surface area contributed by atoms with Crippen LogP contribution in [-0.4, -0.2) is 38.0 Å². The minimum Gasteiger partial charge on any atom is -0.348 e. The summed E-state index contributed by atoms with van der Waals surface area (Å²) >= 11 is 12.2. The van der Waals surface area contributed by atoms with E-state index in [1.54, 1.807) is 19.2 Å². The summed E-state index contributed by atoms with van der Waals surface area (Å²) in [4.78, 5) is 24.6. The van der Waals surface area contributed by atoms with Gasteiger partial charge in [0.05, 0.1) is 22.8 Å². The monoisotopic (exact) mass is 344 g/mol. The predicted octanol–water partition coefficient (Wildman–Crippen LogP) is 1.03. The first-order chi connectivity index (χ1) is 10.4. The van der Waals surface area contributed by atoms with Gasteiger partial charge in [0, 0.05) is 6.04 Å². The molecule has 2 amide bonds. The number of benzene rings is 1. The number of amides is 2. The number of aryl methyl sites for hydroxylation is 1. The average Bonchev–Trinajstić information content (AvgIpc) is 3.22. The quantitative estimate of drug-likeness (QED) is 0.721. The van der Waals surface area contributed by atoms with Crippen LogP contribution in [0.5, 0.6) is 0 Å². The molecular weight excluding hydrogens is 325 g/mol. The lowest BCUT2D eigenvalue weighted by Gasteiger charge is -2.15. The molecule has 0 spiro atoms. The van der Waals surface area contributed by atoms with Crippen molar-refractivity contribution in [2.45, 2.75) is 25.8 Å². The van der Waals surface area contributed by atoms with Crippen LogP contribution in [-0.2, 0) is 9.59 Å². The molecule has 5 nitrogen and oxygen atoms in total. The summed E-state index contributed by atoms with van der Waals surface area (Å²) in [6, 6.07) is 3.82. The van der Waals surface area contributed by atoms with E-state index >= 15 is 0 Å². The Morgan fingerprint density at radius 2 is 1.86 bits per heavy atom. The van der Waals surface area contributed by atoms with Crippen LogP contribution in [0.2, 0.25) is 10.0 Å². The third kappa shape index (κ3) is 4.87. The van der Waals surface area contributed by atoms with Crippen molar-refractivity contribution >= 4 is 40.7 Å². The van der Waals surface area contributed by atoms with Gasteiger partial charge in [0.1, 0.15) is 0 Å². The smallest absolute Gasteiger partial charge is 0.279 e. The van der Waals surface area contributed by atoms with Crippen molar-refractivity contribution in [3.8, 4) is 0 Å². The summed E-state index contributed by atoms with van der Waals surface area (Å²) in [5.41, 5.74) is 1.26. The second kappa shape index (κ2) is 7.31. The molecule has 1 aromatic rings. The van der Waals surface area contributed by atoms with Crippen molar-refractivity contribution in [2.24, 2.45) is 0 Å². The van der Waals surface area contributed by atoms with Gasteiger partial charge in [-0.3, -0.25) is 9.59 Å². The molecule has 22 heavy (non-hydrogen) atoms. The van der Waals surface area contributed by atoms with E-state index in [4.69, 9.17) is 23.2 Å². The van der Waals surface area contributed by atoms with Gasteiger partial charge in [-0.15, -0.1) is 0 Å². The lowest BCUT2D eigenvalue weighted by Crippen LogP contribution is -3.11. The Hall–Kier alpha value is -1.30. The molecule has 3 N–H and O–H groups in total. The topological polar surface area (TPSA) is 62.6 Å². The summed E-state index contributed by atoms with van der Waals surface area (Å²) in [7, 11) is 1.80. The Balaban J connectivity index is 1.86. The van der Waals surface area contributed by atoms with Gasteiger partial charge in [0.2, 0.25) is 0 Å². The molecule has 1 unspecified atom stereocenters. The van der Waals surface area contributed by atoms with E-state index in [9.17, 15) is 9.59 Å². The van der Waals surface area contributed by atoms with E-state index < -0.39 is 0 Å². The first-order valence-electron chi connectivity index (χ1n) is 7.22. The molecule has 1 aromatic carbocycles. The van der Waals surface area contributed by atoms with E-state index in [1.165, 1.54) is 0 Å². The number of nitrogens with one attached hydrogen (secondary N) is 3. The summed E-state index contributed by atoms with van der Waals surface area (Å²) in [5, 5.41) is 6.45. The standard InChI is InChI=1S/C15H19Cl2N3O2/c1-9-3-6-11(16)15(14(9)17)19-13(22)8-20(2)7-12(21)18-10-4-5-10/h3,6,10H,4-5,7-8H2,1-2H3,(H,18,21)(H,19,22)/p+1. The van der Waals surface area contributed by atoms with E-state index in [0.29, 0.717) is 21.8 Å². The van der Waals surface area contributed by atoms with Gasteiger partial charge in [0.15, 0.2) is 13.1 Å². The van der Waals surface area contributed by atoms with E-state index in [0.717, 1.165) is 23.3 Å². The number of carbonyl (C=O) groups excluding carboxylic acids is 2. The molecule has 0 bridgehead atoms. The highest BCUT2D eigenvalue weighted by molar-refractivity contribution is 6.40. The van der Waals surface area contributed by atoms with E-state index in [-0.39, 0.29) is 24.9 Å². The Labute approximate surface area is 139 Å². The normalized spacial score (nSPS) is 15.3. The van der Waals surface area contributed by atoms with Crippen LogP contribution in [0.1, 0.15) is 18.4 Å². The van der Waals surface area contributed by atoms with Gasteiger partial charge in [-0.05, 0) is 31.4 Å². The van der Waals surface area contributed by atoms with Gasteiger partial charge in [-0.2, -0.15) is 0 Å². The molecule has 1 atom stereocenters. The second-order valence-corrected chi connectivity index (χ2v) is 6.54. The Bertz CT molecular complexity index is 588. The van der Waals surface area contributed by atoms with Gasteiger partial charge in [0.25, 0.3) is 11.8 Å². The van der Waals surface area contributed by atoms with Crippen molar-refractivity contribution in [3.05, 3.63) is 27.7 Å². The minimum atomic E-state index is -0.230. The molecule has 0 saturated heterocycles. The molecule has 1 fully saturated rings. The van der Waals surface area contributed by atoms with Crippen molar-refractivity contribution in [2.75, 3.05) is 25.5 Å². The molecule has 2 rings (SSSR count). The van der Waals surface area contributed by atoms with Crippen molar-refractivity contribution in [1.82, 2.24) is 5.32 Å². The van der Waals surface area contributed by atoms with Crippen LogP contribution in [0, 0.1) is 6.92 Å². The molecule has 120 valence electrons. The van der Waals surface area contributed by atoms with E-state index in [2.05, 4.69) is 10.6 Å².